The van der Waals surface area contributed by atoms with E-state index in [1.807, 2.05) is 30.3 Å². The van der Waals surface area contributed by atoms with Gasteiger partial charge < -0.3 is 9.64 Å². The number of ether oxygens (including phenoxy) is 1. The van der Waals surface area contributed by atoms with E-state index in [-0.39, 0.29) is 37.0 Å². The Labute approximate surface area is 187 Å². The summed E-state index contributed by atoms with van der Waals surface area (Å²) in [6, 6.07) is 15.0. The van der Waals surface area contributed by atoms with Crippen molar-refractivity contribution >= 4 is 15.9 Å². The molecule has 0 atom stereocenters. The Kier molecular flexibility index (Phi) is 6.13. The largest absolute Gasteiger partial charge is 0.573 e. The Morgan fingerprint density at radius 2 is 1.61 bits per heavy atom. The van der Waals surface area contributed by atoms with Gasteiger partial charge in [0.1, 0.15) is 11.4 Å². The molecular weight excluding hydrogens is 461 g/mol. The SMILES string of the molecule is O=C(c1cc(-c2ccccc2)n[nH]1)N1CCN(S(=O)(=O)c2ccc(OC(F)(F)F)cc2)CC1. The second-order valence-corrected chi connectivity index (χ2v) is 9.19. The minimum Gasteiger partial charge on any atom is -0.406 e. The van der Waals surface area contributed by atoms with Crippen molar-refractivity contribution in [3.05, 3.63) is 66.4 Å². The first-order chi connectivity index (χ1) is 15.6. The summed E-state index contributed by atoms with van der Waals surface area (Å²) in [6.07, 6.45) is -4.86. The molecule has 0 spiro atoms. The number of sulfonamides is 1. The molecule has 1 fully saturated rings. The Bertz CT molecular complexity index is 1220. The molecule has 8 nitrogen and oxygen atoms in total. The van der Waals surface area contributed by atoms with Crippen LogP contribution in [-0.2, 0) is 10.0 Å². The van der Waals surface area contributed by atoms with E-state index in [9.17, 15) is 26.4 Å². The molecule has 1 aliphatic rings. The minimum absolute atomic E-state index is 0.0502. The quantitative estimate of drug-likeness (QED) is 0.606. The number of alkyl halides is 3. The van der Waals surface area contributed by atoms with Gasteiger partial charge >= 0.3 is 6.36 Å². The van der Waals surface area contributed by atoms with E-state index in [0.29, 0.717) is 11.4 Å². The third kappa shape index (κ3) is 5.17. The maximum atomic E-state index is 12.8. The molecule has 2 heterocycles. The molecule has 2 aromatic carbocycles. The highest BCUT2D eigenvalue weighted by atomic mass is 32.2. The van der Waals surface area contributed by atoms with Gasteiger partial charge in [-0.2, -0.15) is 9.40 Å². The average molecular weight is 480 g/mol. The molecule has 0 bridgehead atoms. The molecule has 1 saturated heterocycles. The number of halogens is 3. The summed E-state index contributed by atoms with van der Waals surface area (Å²) in [5.41, 5.74) is 1.78. The van der Waals surface area contributed by atoms with Crippen LogP contribution in [0.2, 0.25) is 0 Å². The summed E-state index contributed by atoms with van der Waals surface area (Å²) in [5.74, 6) is -0.804. The number of hydrogen-bond donors (Lipinski definition) is 1. The Hall–Kier alpha value is -3.38. The lowest BCUT2D eigenvalue weighted by Gasteiger charge is -2.33. The highest BCUT2D eigenvalue weighted by molar-refractivity contribution is 7.89. The van der Waals surface area contributed by atoms with E-state index in [1.165, 1.54) is 9.21 Å². The van der Waals surface area contributed by atoms with E-state index < -0.39 is 22.1 Å². The van der Waals surface area contributed by atoms with Gasteiger partial charge in [-0.25, -0.2) is 8.42 Å². The van der Waals surface area contributed by atoms with E-state index in [2.05, 4.69) is 14.9 Å². The van der Waals surface area contributed by atoms with Gasteiger partial charge in [0.15, 0.2) is 0 Å². The third-order valence-electron chi connectivity index (χ3n) is 5.10. The van der Waals surface area contributed by atoms with E-state index >= 15 is 0 Å². The molecule has 0 unspecified atom stereocenters. The van der Waals surface area contributed by atoms with Crippen molar-refractivity contribution in [1.29, 1.82) is 0 Å². The monoisotopic (exact) mass is 480 g/mol. The number of benzene rings is 2. The summed E-state index contributed by atoms with van der Waals surface area (Å²) in [5, 5.41) is 6.89. The predicted molar refractivity (Wildman–Crippen MR) is 112 cm³/mol. The van der Waals surface area contributed by atoms with Crippen LogP contribution in [0.25, 0.3) is 11.3 Å². The summed E-state index contributed by atoms with van der Waals surface area (Å²) < 4.78 is 67.5. The maximum absolute atomic E-state index is 12.8. The Morgan fingerprint density at radius 1 is 0.970 bits per heavy atom. The van der Waals surface area contributed by atoms with Gasteiger partial charge in [0.2, 0.25) is 10.0 Å². The van der Waals surface area contributed by atoms with Crippen molar-refractivity contribution in [3.8, 4) is 17.0 Å². The van der Waals surface area contributed by atoms with Crippen LogP contribution < -0.4 is 4.74 Å². The van der Waals surface area contributed by atoms with Gasteiger partial charge in [0.05, 0.1) is 10.6 Å². The van der Waals surface area contributed by atoms with Crippen LogP contribution in [0.5, 0.6) is 5.75 Å². The van der Waals surface area contributed by atoms with E-state index in [4.69, 9.17) is 0 Å². The van der Waals surface area contributed by atoms with Crippen LogP contribution >= 0.6 is 0 Å². The van der Waals surface area contributed by atoms with Crippen molar-refractivity contribution in [3.63, 3.8) is 0 Å². The summed E-state index contributed by atoms with van der Waals surface area (Å²) >= 11 is 0. The van der Waals surface area contributed by atoms with Crippen LogP contribution in [0, 0.1) is 0 Å². The Balaban J connectivity index is 1.39. The van der Waals surface area contributed by atoms with Gasteiger partial charge in [-0.15, -0.1) is 13.2 Å². The van der Waals surface area contributed by atoms with Gasteiger partial charge in [-0.3, -0.25) is 9.89 Å². The Morgan fingerprint density at radius 3 is 2.21 bits per heavy atom. The molecular formula is C21H19F3N4O4S. The zero-order valence-electron chi connectivity index (χ0n) is 17.1. The number of carbonyl (C=O) groups excluding carboxylic acids is 1. The summed E-state index contributed by atoms with van der Waals surface area (Å²) in [4.78, 5) is 14.2. The number of carbonyl (C=O) groups is 1. The number of aromatic amines is 1. The minimum atomic E-state index is -4.86. The van der Waals surface area contributed by atoms with Gasteiger partial charge in [0.25, 0.3) is 5.91 Å². The van der Waals surface area contributed by atoms with Gasteiger partial charge in [-0.1, -0.05) is 30.3 Å². The highest BCUT2D eigenvalue weighted by Gasteiger charge is 2.33. The lowest BCUT2D eigenvalue weighted by Crippen LogP contribution is -2.50. The standard InChI is InChI=1S/C21H19F3N4O4S/c22-21(23,24)32-16-6-8-17(9-7-16)33(30,31)28-12-10-27(11-13-28)20(29)19-14-18(25-26-19)15-4-2-1-3-5-15/h1-9,14H,10-13H2,(H,25,26). The zero-order chi connectivity index (χ0) is 23.6. The maximum Gasteiger partial charge on any atom is 0.573 e. The molecule has 174 valence electrons. The first-order valence-corrected chi connectivity index (χ1v) is 11.3. The number of amides is 1. The number of rotatable bonds is 5. The normalized spacial score (nSPS) is 15.4. The smallest absolute Gasteiger partial charge is 0.406 e. The average Bonchev–Trinajstić information content (AvgIpc) is 3.29. The summed E-state index contributed by atoms with van der Waals surface area (Å²) in [6.45, 7) is 0.420. The number of aromatic nitrogens is 2. The molecule has 0 radical (unpaired) electrons. The van der Waals surface area contributed by atoms with Crippen LogP contribution in [0.15, 0.2) is 65.6 Å². The fourth-order valence-electron chi connectivity index (χ4n) is 3.45. The van der Waals surface area contributed by atoms with Crippen molar-refractivity contribution in [2.24, 2.45) is 0 Å². The third-order valence-corrected chi connectivity index (χ3v) is 7.01. The number of nitrogens with zero attached hydrogens (tertiary/aromatic N) is 3. The van der Waals surface area contributed by atoms with Crippen molar-refractivity contribution in [2.75, 3.05) is 26.2 Å². The lowest BCUT2D eigenvalue weighted by atomic mass is 10.1. The second-order valence-electron chi connectivity index (χ2n) is 7.25. The molecule has 1 aliphatic heterocycles. The van der Waals surface area contributed by atoms with Gasteiger partial charge in [0, 0.05) is 31.7 Å². The lowest BCUT2D eigenvalue weighted by molar-refractivity contribution is -0.274. The molecule has 1 aromatic heterocycles. The zero-order valence-corrected chi connectivity index (χ0v) is 17.9. The molecule has 1 N–H and O–H groups in total. The highest BCUT2D eigenvalue weighted by Crippen LogP contribution is 2.26. The topological polar surface area (TPSA) is 95.6 Å². The fraction of sp³-hybridized carbons (Fsp3) is 0.238. The van der Waals surface area contributed by atoms with Crippen LogP contribution in [0.4, 0.5) is 13.2 Å². The molecule has 33 heavy (non-hydrogen) atoms. The summed E-state index contributed by atoms with van der Waals surface area (Å²) in [7, 11) is -3.93. The molecule has 12 heteroatoms. The molecule has 0 saturated carbocycles. The fourth-order valence-corrected chi connectivity index (χ4v) is 4.87. The first-order valence-electron chi connectivity index (χ1n) is 9.89. The van der Waals surface area contributed by atoms with Crippen LogP contribution in [-0.4, -0.2) is 66.3 Å². The number of hydrogen-bond acceptors (Lipinski definition) is 5. The first kappa shape index (κ1) is 22.8. The molecule has 1 amide bonds. The number of nitrogens with one attached hydrogen (secondary N) is 1. The number of H-pyrrole nitrogens is 1. The number of piperazine rings is 1. The van der Waals surface area contributed by atoms with Gasteiger partial charge in [-0.05, 0) is 30.3 Å². The van der Waals surface area contributed by atoms with Crippen molar-refractivity contribution in [1.82, 2.24) is 19.4 Å². The van der Waals surface area contributed by atoms with Crippen LogP contribution in [0.1, 0.15) is 10.5 Å². The molecule has 0 aliphatic carbocycles. The van der Waals surface area contributed by atoms with E-state index in [0.717, 1.165) is 29.8 Å². The second kappa shape index (κ2) is 8.87. The van der Waals surface area contributed by atoms with Crippen LogP contribution in [0.3, 0.4) is 0 Å². The van der Waals surface area contributed by atoms with E-state index in [1.54, 1.807) is 6.07 Å². The molecule has 3 aromatic rings. The predicted octanol–water partition coefficient (Wildman–Crippen LogP) is 3.12. The molecule has 4 rings (SSSR count). The van der Waals surface area contributed by atoms with Crippen molar-refractivity contribution < 1.29 is 31.1 Å². The van der Waals surface area contributed by atoms with Crippen molar-refractivity contribution in [2.45, 2.75) is 11.3 Å².